The first kappa shape index (κ1) is 14.2. The van der Waals surface area contributed by atoms with Crippen molar-refractivity contribution in [3.05, 3.63) is 59.9 Å². The molecule has 6 heteroatoms. The van der Waals surface area contributed by atoms with Gasteiger partial charge >= 0.3 is 0 Å². The van der Waals surface area contributed by atoms with Gasteiger partial charge in [-0.3, -0.25) is 4.98 Å². The predicted molar refractivity (Wildman–Crippen MR) is 72.0 cm³/mol. The summed E-state index contributed by atoms with van der Waals surface area (Å²) in [5.74, 6) is 0. The third kappa shape index (κ3) is 3.20. The molecule has 1 heterocycles. The van der Waals surface area contributed by atoms with Gasteiger partial charge in [0.25, 0.3) is 10.1 Å². The fraction of sp³-hybridized carbons (Fsp3) is 0.143. The molecule has 0 fully saturated rings. The lowest BCUT2D eigenvalue weighted by Gasteiger charge is -2.10. The lowest BCUT2D eigenvalue weighted by Crippen LogP contribution is -2.12. The Morgan fingerprint density at radius 2 is 1.90 bits per heavy atom. The number of hydrogen-bond acceptors (Lipinski definition) is 5. The van der Waals surface area contributed by atoms with Crippen LogP contribution in [0.25, 0.3) is 0 Å². The Hall–Kier alpha value is -2.23. The third-order valence-corrected chi connectivity index (χ3v) is 3.90. The normalized spacial score (nSPS) is 12.6. The second-order valence-corrected chi connectivity index (χ2v) is 5.70. The summed E-state index contributed by atoms with van der Waals surface area (Å²) in [6.45, 7) is 1.85. The molecule has 1 atom stereocenters. The van der Waals surface area contributed by atoms with Gasteiger partial charge in [-0.25, -0.2) is 4.18 Å². The van der Waals surface area contributed by atoms with Gasteiger partial charge in [-0.2, -0.15) is 13.7 Å². The summed E-state index contributed by atoms with van der Waals surface area (Å²) in [6.07, 6.45) is 0.212. The van der Waals surface area contributed by atoms with Crippen LogP contribution in [-0.2, 0) is 14.3 Å². The van der Waals surface area contributed by atoms with E-state index in [-0.39, 0.29) is 10.6 Å². The molecule has 0 saturated heterocycles. The van der Waals surface area contributed by atoms with Gasteiger partial charge in [-0.05, 0) is 31.2 Å². The van der Waals surface area contributed by atoms with Crippen LogP contribution >= 0.6 is 0 Å². The van der Waals surface area contributed by atoms with Gasteiger partial charge in [-0.1, -0.05) is 23.8 Å². The maximum atomic E-state index is 12.1. The summed E-state index contributed by atoms with van der Waals surface area (Å²) in [5, 5.41) is 9.05. The fourth-order valence-corrected chi connectivity index (χ4v) is 2.53. The third-order valence-electron chi connectivity index (χ3n) is 2.61. The lowest BCUT2D eigenvalue weighted by atomic mass is 10.2. The van der Waals surface area contributed by atoms with Gasteiger partial charge in [0.05, 0.1) is 10.6 Å². The number of aromatic nitrogens is 1. The molecule has 2 aromatic rings. The Kier molecular flexibility index (Phi) is 4.13. The number of hydrogen-bond donors (Lipinski definition) is 0. The molecule has 0 N–H and O–H groups in total. The SMILES string of the molecule is Cc1ccc(S(=O)(=O)OC(C#N)c2ccccn2)cc1. The van der Waals surface area contributed by atoms with E-state index in [0.717, 1.165) is 5.56 Å². The van der Waals surface area contributed by atoms with Crippen LogP contribution in [0, 0.1) is 18.3 Å². The van der Waals surface area contributed by atoms with Crippen molar-refractivity contribution in [3.8, 4) is 6.07 Å². The second-order valence-electron chi connectivity index (χ2n) is 4.13. The van der Waals surface area contributed by atoms with Gasteiger partial charge in [-0.15, -0.1) is 0 Å². The smallest absolute Gasteiger partial charge is 0.257 e. The molecular formula is C14H12N2O3S. The van der Waals surface area contributed by atoms with E-state index in [4.69, 9.17) is 9.44 Å². The average Bonchev–Trinajstić information content (AvgIpc) is 2.46. The maximum Gasteiger partial charge on any atom is 0.298 e. The largest absolute Gasteiger partial charge is 0.298 e. The van der Waals surface area contributed by atoms with Crippen molar-refractivity contribution in [2.75, 3.05) is 0 Å². The molecule has 0 aliphatic carbocycles. The molecule has 2 rings (SSSR count). The number of aryl methyl sites for hydroxylation is 1. The molecule has 0 saturated carbocycles. The van der Waals surface area contributed by atoms with Crippen LogP contribution in [0.3, 0.4) is 0 Å². The van der Waals surface area contributed by atoms with Crippen molar-refractivity contribution in [2.24, 2.45) is 0 Å². The molecule has 0 aliphatic heterocycles. The minimum atomic E-state index is -4.00. The summed E-state index contributed by atoms with van der Waals surface area (Å²) >= 11 is 0. The van der Waals surface area contributed by atoms with Crippen LogP contribution in [0.4, 0.5) is 0 Å². The van der Waals surface area contributed by atoms with Gasteiger partial charge < -0.3 is 0 Å². The minimum Gasteiger partial charge on any atom is -0.257 e. The van der Waals surface area contributed by atoms with E-state index in [9.17, 15) is 8.42 Å². The molecule has 5 nitrogen and oxygen atoms in total. The molecule has 0 amide bonds. The van der Waals surface area contributed by atoms with E-state index in [1.54, 1.807) is 36.4 Å². The Bertz CT molecular complexity index is 719. The minimum absolute atomic E-state index is 0.0132. The molecule has 0 spiro atoms. The number of benzene rings is 1. The maximum absolute atomic E-state index is 12.1. The first-order valence-electron chi connectivity index (χ1n) is 5.83. The molecule has 102 valence electrons. The quantitative estimate of drug-likeness (QED) is 0.807. The van der Waals surface area contributed by atoms with Crippen LogP contribution in [0.5, 0.6) is 0 Å². The van der Waals surface area contributed by atoms with Crippen LogP contribution in [0.1, 0.15) is 17.4 Å². The molecule has 0 bridgehead atoms. The number of rotatable bonds is 4. The summed E-state index contributed by atoms with van der Waals surface area (Å²) in [5.41, 5.74) is 1.19. The highest BCUT2D eigenvalue weighted by atomic mass is 32.2. The van der Waals surface area contributed by atoms with E-state index in [1.165, 1.54) is 18.3 Å². The van der Waals surface area contributed by atoms with Gasteiger partial charge in [0.15, 0.2) is 0 Å². The summed E-state index contributed by atoms with van der Waals surface area (Å²) in [4.78, 5) is 3.94. The highest BCUT2D eigenvalue weighted by Crippen LogP contribution is 2.22. The summed E-state index contributed by atoms with van der Waals surface area (Å²) in [6, 6.07) is 12.9. The Morgan fingerprint density at radius 3 is 2.45 bits per heavy atom. The monoisotopic (exact) mass is 288 g/mol. The molecule has 1 unspecified atom stereocenters. The van der Waals surface area contributed by atoms with E-state index >= 15 is 0 Å². The van der Waals surface area contributed by atoms with Crippen molar-refractivity contribution < 1.29 is 12.6 Å². The Morgan fingerprint density at radius 1 is 1.20 bits per heavy atom. The molecule has 20 heavy (non-hydrogen) atoms. The summed E-state index contributed by atoms with van der Waals surface area (Å²) < 4.78 is 29.1. The molecular weight excluding hydrogens is 276 g/mol. The van der Waals surface area contributed by atoms with Crippen LogP contribution in [0.2, 0.25) is 0 Å². The summed E-state index contributed by atoms with van der Waals surface area (Å²) in [7, 11) is -4.00. The van der Waals surface area contributed by atoms with Crippen molar-refractivity contribution in [1.29, 1.82) is 5.26 Å². The van der Waals surface area contributed by atoms with E-state index in [0.29, 0.717) is 0 Å². The van der Waals surface area contributed by atoms with Crippen LogP contribution in [0.15, 0.2) is 53.6 Å². The molecule has 0 aliphatic rings. The lowest BCUT2D eigenvalue weighted by molar-refractivity contribution is 0.263. The molecule has 1 aromatic carbocycles. The fourth-order valence-electron chi connectivity index (χ4n) is 1.56. The van der Waals surface area contributed by atoms with E-state index in [2.05, 4.69) is 4.98 Å². The van der Waals surface area contributed by atoms with Crippen molar-refractivity contribution in [1.82, 2.24) is 4.98 Å². The van der Waals surface area contributed by atoms with Crippen molar-refractivity contribution in [3.63, 3.8) is 0 Å². The van der Waals surface area contributed by atoms with E-state index in [1.807, 2.05) is 6.92 Å². The zero-order valence-corrected chi connectivity index (χ0v) is 11.5. The standard InChI is InChI=1S/C14H12N2O3S/c1-11-5-7-12(8-6-11)20(17,18)19-14(10-15)13-4-2-3-9-16-13/h2-9,14H,1H3. The van der Waals surface area contributed by atoms with E-state index < -0.39 is 16.2 Å². The predicted octanol–water partition coefficient (Wildman–Crippen LogP) is 2.36. The second kappa shape index (κ2) is 5.82. The first-order chi connectivity index (χ1) is 9.53. The number of pyridine rings is 1. The van der Waals surface area contributed by atoms with Gasteiger partial charge in [0.1, 0.15) is 6.07 Å². The topological polar surface area (TPSA) is 80.0 Å². The van der Waals surface area contributed by atoms with Crippen LogP contribution < -0.4 is 0 Å². The van der Waals surface area contributed by atoms with Gasteiger partial charge in [0, 0.05) is 6.20 Å². The van der Waals surface area contributed by atoms with Crippen molar-refractivity contribution >= 4 is 10.1 Å². The van der Waals surface area contributed by atoms with Gasteiger partial charge in [0.2, 0.25) is 6.10 Å². The van der Waals surface area contributed by atoms with Crippen molar-refractivity contribution in [2.45, 2.75) is 17.9 Å². The first-order valence-corrected chi connectivity index (χ1v) is 7.24. The Labute approximate surface area is 117 Å². The average molecular weight is 288 g/mol. The molecule has 0 radical (unpaired) electrons. The number of nitrogens with zero attached hydrogens (tertiary/aromatic N) is 2. The zero-order chi connectivity index (χ0) is 14.6. The number of nitriles is 1. The highest BCUT2D eigenvalue weighted by molar-refractivity contribution is 7.86. The van der Waals surface area contributed by atoms with Crippen LogP contribution in [-0.4, -0.2) is 13.4 Å². The Balaban J connectivity index is 2.28. The highest BCUT2D eigenvalue weighted by Gasteiger charge is 2.23. The zero-order valence-electron chi connectivity index (χ0n) is 10.7. The molecule has 1 aromatic heterocycles.